The highest BCUT2D eigenvalue weighted by Gasteiger charge is 2.13. The average molecular weight is 288 g/mol. The molecular formula is C14H28N2O4. The maximum atomic E-state index is 11.8. The summed E-state index contributed by atoms with van der Waals surface area (Å²) >= 11 is 0. The summed E-state index contributed by atoms with van der Waals surface area (Å²) in [5.74, 6) is -0.900. The van der Waals surface area contributed by atoms with Gasteiger partial charge in [0.1, 0.15) is 0 Å². The van der Waals surface area contributed by atoms with E-state index in [1.54, 1.807) is 0 Å². The molecule has 6 heteroatoms. The van der Waals surface area contributed by atoms with E-state index in [-0.39, 0.29) is 24.9 Å². The highest BCUT2D eigenvalue weighted by molar-refractivity contribution is 5.78. The van der Waals surface area contributed by atoms with Crippen LogP contribution >= 0.6 is 0 Å². The second-order valence-corrected chi connectivity index (χ2v) is 4.85. The Bertz CT molecular complexity index is 284. The highest BCUT2D eigenvalue weighted by Crippen LogP contribution is 1.97. The van der Waals surface area contributed by atoms with Crippen LogP contribution in [0.25, 0.3) is 0 Å². The van der Waals surface area contributed by atoms with Gasteiger partial charge in [-0.1, -0.05) is 6.92 Å². The molecule has 20 heavy (non-hydrogen) atoms. The molecule has 0 aromatic heterocycles. The van der Waals surface area contributed by atoms with Crippen LogP contribution in [0.15, 0.2) is 0 Å². The lowest BCUT2D eigenvalue weighted by Gasteiger charge is -2.22. The van der Waals surface area contributed by atoms with Gasteiger partial charge in [0.2, 0.25) is 5.91 Å². The molecule has 0 fully saturated rings. The number of carboxylic acids is 1. The molecule has 1 atom stereocenters. The highest BCUT2D eigenvalue weighted by atomic mass is 16.5. The molecule has 1 unspecified atom stereocenters. The van der Waals surface area contributed by atoms with Crippen LogP contribution in [0, 0.1) is 0 Å². The van der Waals surface area contributed by atoms with Crippen LogP contribution in [0.1, 0.15) is 40.0 Å². The molecule has 118 valence electrons. The van der Waals surface area contributed by atoms with Crippen LogP contribution in [0.5, 0.6) is 0 Å². The Kier molecular flexibility index (Phi) is 11.0. The lowest BCUT2D eigenvalue weighted by molar-refractivity contribution is -0.137. The molecule has 0 radical (unpaired) electrons. The van der Waals surface area contributed by atoms with Gasteiger partial charge in [-0.05, 0) is 26.7 Å². The number of hydrogen-bond donors (Lipinski definition) is 2. The molecule has 6 nitrogen and oxygen atoms in total. The van der Waals surface area contributed by atoms with Crippen molar-refractivity contribution in [3.05, 3.63) is 0 Å². The second kappa shape index (κ2) is 11.7. The van der Waals surface area contributed by atoms with Crippen molar-refractivity contribution in [2.45, 2.75) is 46.1 Å². The van der Waals surface area contributed by atoms with Crippen molar-refractivity contribution in [2.75, 3.05) is 32.8 Å². The predicted molar refractivity (Wildman–Crippen MR) is 77.7 cm³/mol. The van der Waals surface area contributed by atoms with Gasteiger partial charge in [0.05, 0.1) is 13.0 Å². The van der Waals surface area contributed by atoms with Crippen molar-refractivity contribution in [3.63, 3.8) is 0 Å². The molecule has 0 bridgehead atoms. The van der Waals surface area contributed by atoms with Crippen molar-refractivity contribution >= 4 is 11.9 Å². The Labute approximate surface area is 121 Å². The van der Waals surface area contributed by atoms with Crippen LogP contribution in [-0.4, -0.2) is 60.8 Å². The smallest absolute Gasteiger partial charge is 0.304 e. The molecule has 0 aliphatic rings. The summed E-state index contributed by atoms with van der Waals surface area (Å²) in [6.45, 7) is 8.49. The summed E-state index contributed by atoms with van der Waals surface area (Å²) in [4.78, 5) is 24.3. The molecule has 0 saturated carbocycles. The number of nitrogens with zero attached hydrogens (tertiary/aromatic N) is 1. The fourth-order valence-corrected chi connectivity index (χ4v) is 1.68. The van der Waals surface area contributed by atoms with E-state index < -0.39 is 5.97 Å². The van der Waals surface area contributed by atoms with E-state index in [2.05, 4.69) is 5.32 Å². The maximum Gasteiger partial charge on any atom is 0.304 e. The molecule has 0 aromatic rings. The number of amides is 1. The zero-order valence-electron chi connectivity index (χ0n) is 12.9. The Balaban J connectivity index is 4.14. The lowest BCUT2D eigenvalue weighted by atomic mass is 10.2. The van der Waals surface area contributed by atoms with Gasteiger partial charge in [-0.2, -0.15) is 0 Å². The third-order valence-electron chi connectivity index (χ3n) is 3.00. The molecule has 0 aliphatic heterocycles. The number of aliphatic carboxylic acids is 1. The molecule has 0 saturated heterocycles. The van der Waals surface area contributed by atoms with Gasteiger partial charge in [-0.3, -0.25) is 14.5 Å². The molecule has 0 heterocycles. The van der Waals surface area contributed by atoms with E-state index in [1.807, 2.05) is 25.7 Å². The minimum absolute atomic E-state index is 0.0469. The number of nitrogens with one attached hydrogen (secondary N) is 1. The number of rotatable bonds is 12. The summed E-state index contributed by atoms with van der Waals surface area (Å²) in [7, 11) is 0. The SMILES string of the molecule is CCOCCCN(CCC(=O)O)CC(=O)NC(C)CC. The van der Waals surface area contributed by atoms with E-state index in [0.717, 1.165) is 12.8 Å². The Morgan fingerprint density at radius 2 is 2.00 bits per heavy atom. The standard InChI is InChI=1S/C14H28N2O4/c1-4-12(3)15-13(17)11-16(9-7-14(18)19)8-6-10-20-5-2/h12H,4-11H2,1-3H3,(H,15,17)(H,18,19). The topological polar surface area (TPSA) is 78.9 Å². The molecule has 0 rings (SSSR count). The quantitative estimate of drug-likeness (QED) is 0.526. The number of ether oxygens (including phenoxy) is 1. The number of carboxylic acid groups (broad SMARTS) is 1. The van der Waals surface area contributed by atoms with Crippen LogP contribution in [0.3, 0.4) is 0 Å². The lowest BCUT2D eigenvalue weighted by Crippen LogP contribution is -2.42. The summed E-state index contributed by atoms with van der Waals surface area (Å²) in [6.07, 6.45) is 1.72. The first-order valence-electron chi connectivity index (χ1n) is 7.30. The van der Waals surface area contributed by atoms with Gasteiger partial charge in [-0.15, -0.1) is 0 Å². The van der Waals surface area contributed by atoms with Crippen LogP contribution in [-0.2, 0) is 14.3 Å². The van der Waals surface area contributed by atoms with Gasteiger partial charge in [0.25, 0.3) is 0 Å². The minimum Gasteiger partial charge on any atom is -0.481 e. The Morgan fingerprint density at radius 3 is 2.55 bits per heavy atom. The van der Waals surface area contributed by atoms with Crippen molar-refractivity contribution in [1.82, 2.24) is 10.2 Å². The van der Waals surface area contributed by atoms with Crippen LogP contribution in [0.2, 0.25) is 0 Å². The first-order chi connectivity index (χ1) is 9.49. The third kappa shape index (κ3) is 10.8. The number of carbonyl (C=O) groups is 2. The molecule has 0 aliphatic carbocycles. The normalized spacial score (nSPS) is 12.4. The van der Waals surface area contributed by atoms with E-state index in [0.29, 0.717) is 26.3 Å². The summed E-state index contributed by atoms with van der Waals surface area (Å²) in [6, 6.07) is 0.146. The minimum atomic E-state index is -0.845. The van der Waals surface area contributed by atoms with Gasteiger partial charge < -0.3 is 15.2 Å². The fourth-order valence-electron chi connectivity index (χ4n) is 1.68. The molecule has 0 aromatic carbocycles. The molecular weight excluding hydrogens is 260 g/mol. The summed E-state index contributed by atoms with van der Waals surface area (Å²) in [5.41, 5.74) is 0. The van der Waals surface area contributed by atoms with Crippen LogP contribution < -0.4 is 5.32 Å². The van der Waals surface area contributed by atoms with E-state index in [1.165, 1.54) is 0 Å². The maximum absolute atomic E-state index is 11.8. The average Bonchev–Trinajstić information content (AvgIpc) is 2.40. The largest absolute Gasteiger partial charge is 0.481 e. The number of carbonyl (C=O) groups excluding carboxylic acids is 1. The summed E-state index contributed by atoms with van der Waals surface area (Å²) in [5, 5.41) is 11.6. The molecule has 0 spiro atoms. The Morgan fingerprint density at radius 1 is 1.30 bits per heavy atom. The van der Waals surface area contributed by atoms with Gasteiger partial charge >= 0.3 is 5.97 Å². The zero-order chi connectivity index (χ0) is 15.4. The van der Waals surface area contributed by atoms with Gasteiger partial charge in [0.15, 0.2) is 0 Å². The zero-order valence-corrected chi connectivity index (χ0v) is 12.9. The van der Waals surface area contributed by atoms with Crippen LogP contribution in [0.4, 0.5) is 0 Å². The van der Waals surface area contributed by atoms with Crippen molar-refractivity contribution < 1.29 is 19.4 Å². The second-order valence-electron chi connectivity index (χ2n) is 4.85. The van der Waals surface area contributed by atoms with E-state index in [4.69, 9.17) is 9.84 Å². The predicted octanol–water partition coefficient (Wildman–Crippen LogP) is 1.10. The fraction of sp³-hybridized carbons (Fsp3) is 0.857. The molecule has 1 amide bonds. The van der Waals surface area contributed by atoms with Gasteiger partial charge in [0, 0.05) is 32.3 Å². The third-order valence-corrected chi connectivity index (χ3v) is 3.00. The number of hydrogen-bond acceptors (Lipinski definition) is 4. The van der Waals surface area contributed by atoms with Gasteiger partial charge in [-0.25, -0.2) is 0 Å². The monoisotopic (exact) mass is 288 g/mol. The van der Waals surface area contributed by atoms with Crippen molar-refractivity contribution in [1.29, 1.82) is 0 Å². The summed E-state index contributed by atoms with van der Waals surface area (Å²) < 4.78 is 5.25. The van der Waals surface area contributed by atoms with E-state index in [9.17, 15) is 9.59 Å². The first kappa shape index (κ1) is 18.9. The van der Waals surface area contributed by atoms with Crippen molar-refractivity contribution in [3.8, 4) is 0 Å². The van der Waals surface area contributed by atoms with Crippen molar-refractivity contribution in [2.24, 2.45) is 0 Å². The molecule has 2 N–H and O–H groups in total. The van der Waals surface area contributed by atoms with E-state index >= 15 is 0 Å². The Hall–Kier alpha value is -1.14. The first-order valence-corrected chi connectivity index (χ1v) is 7.30.